The van der Waals surface area contributed by atoms with Gasteiger partial charge in [0, 0.05) is 12.1 Å². The number of amides is 1. The summed E-state index contributed by atoms with van der Waals surface area (Å²) < 4.78 is 0. The third-order valence-electron chi connectivity index (χ3n) is 4.56. The van der Waals surface area contributed by atoms with Crippen LogP contribution in [0.4, 0.5) is 11.5 Å². The molecule has 1 amide bonds. The van der Waals surface area contributed by atoms with E-state index in [4.69, 9.17) is 0 Å². The fraction of sp³-hybridized carbons (Fsp3) is 0.333. The summed E-state index contributed by atoms with van der Waals surface area (Å²) in [6, 6.07) is 11.3. The smallest absolute Gasteiger partial charge is 0.257 e. The van der Waals surface area contributed by atoms with Crippen LogP contribution in [-0.4, -0.2) is 17.4 Å². The Kier molecular flexibility index (Phi) is 5.83. The molecular formula is C21H25N3O. The monoisotopic (exact) mass is 335 g/mol. The van der Waals surface area contributed by atoms with Gasteiger partial charge in [0.2, 0.25) is 0 Å². The van der Waals surface area contributed by atoms with Crippen molar-refractivity contribution in [2.45, 2.75) is 39.0 Å². The molecule has 4 heteroatoms. The fourth-order valence-electron chi connectivity index (χ4n) is 3.08. The van der Waals surface area contributed by atoms with Crippen LogP contribution in [0.15, 0.2) is 54.2 Å². The largest absolute Gasteiger partial charge is 0.383 e. The summed E-state index contributed by atoms with van der Waals surface area (Å²) in [7, 11) is 0. The number of nitrogens with zero attached hydrogens (tertiary/aromatic N) is 1. The number of pyridine rings is 1. The second-order valence-corrected chi connectivity index (χ2v) is 6.49. The molecule has 1 aliphatic rings. The molecule has 0 atom stereocenters. The predicted molar refractivity (Wildman–Crippen MR) is 103 cm³/mol. The molecule has 0 bridgehead atoms. The van der Waals surface area contributed by atoms with Crippen LogP contribution >= 0.6 is 0 Å². The van der Waals surface area contributed by atoms with Crippen LogP contribution in [0.2, 0.25) is 0 Å². The molecule has 1 heterocycles. The van der Waals surface area contributed by atoms with Crippen molar-refractivity contribution in [3.05, 3.63) is 65.4 Å². The molecule has 4 nitrogen and oxygen atoms in total. The van der Waals surface area contributed by atoms with Crippen molar-refractivity contribution in [3.8, 4) is 0 Å². The zero-order chi connectivity index (χ0) is 17.5. The summed E-state index contributed by atoms with van der Waals surface area (Å²) in [5.74, 6) is 0.435. The number of aryl methyl sites for hydroxylation is 1. The quantitative estimate of drug-likeness (QED) is 0.735. The number of nitrogens with one attached hydrogen (secondary N) is 2. The molecule has 25 heavy (non-hydrogen) atoms. The third-order valence-corrected chi connectivity index (χ3v) is 4.56. The van der Waals surface area contributed by atoms with E-state index in [0.29, 0.717) is 11.4 Å². The maximum absolute atomic E-state index is 12.3. The molecule has 130 valence electrons. The highest BCUT2D eigenvalue weighted by Crippen LogP contribution is 2.20. The minimum absolute atomic E-state index is 0.129. The molecule has 1 aliphatic carbocycles. The summed E-state index contributed by atoms with van der Waals surface area (Å²) in [5, 5.41) is 6.24. The third kappa shape index (κ3) is 4.92. The van der Waals surface area contributed by atoms with Gasteiger partial charge in [-0.05, 0) is 62.8 Å². The molecule has 2 aromatic rings. The van der Waals surface area contributed by atoms with Crippen LogP contribution in [0, 0.1) is 6.92 Å². The molecule has 3 rings (SSSR count). The van der Waals surface area contributed by atoms with Gasteiger partial charge in [-0.25, -0.2) is 4.98 Å². The molecule has 0 fully saturated rings. The van der Waals surface area contributed by atoms with Crippen molar-refractivity contribution < 1.29 is 4.79 Å². The molecule has 1 aromatic carbocycles. The normalized spacial score (nSPS) is 13.9. The first kappa shape index (κ1) is 17.2. The van der Waals surface area contributed by atoms with Crippen LogP contribution in [0.1, 0.15) is 48.0 Å². The van der Waals surface area contributed by atoms with Crippen molar-refractivity contribution in [1.82, 2.24) is 4.98 Å². The molecule has 0 spiro atoms. The van der Waals surface area contributed by atoms with Crippen molar-refractivity contribution in [3.63, 3.8) is 0 Å². The SMILES string of the molecule is Cc1ccccc1C(=O)Nc1ccc(NCCC2=CCCCC2)cn1. The number of hydrogen-bond acceptors (Lipinski definition) is 3. The van der Waals surface area contributed by atoms with Gasteiger partial charge in [-0.2, -0.15) is 0 Å². The highest BCUT2D eigenvalue weighted by Gasteiger charge is 2.09. The number of rotatable bonds is 6. The first-order chi connectivity index (χ1) is 12.2. The highest BCUT2D eigenvalue weighted by atomic mass is 16.1. The Hall–Kier alpha value is -2.62. The Morgan fingerprint density at radius 2 is 2.04 bits per heavy atom. The molecule has 0 radical (unpaired) electrons. The molecule has 2 N–H and O–H groups in total. The number of carbonyl (C=O) groups excluding carboxylic acids is 1. The van der Waals surface area contributed by atoms with Gasteiger partial charge in [0.05, 0.1) is 11.9 Å². The summed E-state index contributed by atoms with van der Waals surface area (Å²) >= 11 is 0. The Morgan fingerprint density at radius 3 is 2.76 bits per heavy atom. The lowest BCUT2D eigenvalue weighted by atomic mass is 9.97. The van der Waals surface area contributed by atoms with E-state index in [1.54, 1.807) is 11.8 Å². The van der Waals surface area contributed by atoms with Gasteiger partial charge in [-0.1, -0.05) is 29.8 Å². The molecule has 0 saturated heterocycles. The molecule has 1 aromatic heterocycles. The Bertz CT molecular complexity index is 750. The number of benzene rings is 1. The first-order valence-electron chi connectivity index (χ1n) is 8.97. The van der Waals surface area contributed by atoms with Crippen molar-refractivity contribution in [2.24, 2.45) is 0 Å². The summed E-state index contributed by atoms with van der Waals surface area (Å²) in [6.45, 7) is 2.85. The Balaban J connectivity index is 1.51. The number of aromatic nitrogens is 1. The summed E-state index contributed by atoms with van der Waals surface area (Å²) in [6.07, 6.45) is 10.4. The average molecular weight is 335 g/mol. The van der Waals surface area contributed by atoms with Gasteiger partial charge >= 0.3 is 0 Å². The molecular weight excluding hydrogens is 310 g/mol. The number of carbonyl (C=O) groups is 1. The zero-order valence-electron chi connectivity index (χ0n) is 14.7. The number of anilines is 2. The van der Waals surface area contributed by atoms with Crippen molar-refractivity contribution >= 4 is 17.4 Å². The minimum atomic E-state index is -0.129. The average Bonchev–Trinajstić information content (AvgIpc) is 2.64. The molecule has 0 aliphatic heterocycles. The molecule has 0 saturated carbocycles. The van der Waals surface area contributed by atoms with E-state index in [1.807, 2.05) is 43.3 Å². The minimum Gasteiger partial charge on any atom is -0.383 e. The zero-order valence-corrected chi connectivity index (χ0v) is 14.7. The van der Waals surface area contributed by atoms with Gasteiger partial charge in [0.15, 0.2) is 0 Å². The van der Waals surface area contributed by atoms with E-state index in [9.17, 15) is 4.79 Å². The van der Waals surface area contributed by atoms with E-state index in [-0.39, 0.29) is 5.91 Å². The van der Waals surface area contributed by atoms with E-state index in [1.165, 1.54) is 25.7 Å². The van der Waals surface area contributed by atoms with Crippen LogP contribution in [0.25, 0.3) is 0 Å². The molecule has 0 unspecified atom stereocenters. The van der Waals surface area contributed by atoms with Crippen LogP contribution in [-0.2, 0) is 0 Å². The maximum atomic E-state index is 12.3. The first-order valence-corrected chi connectivity index (χ1v) is 8.97. The van der Waals surface area contributed by atoms with Crippen LogP contribution < -0.4 is 10.6 Å². The van der Waals surface area contributed by atoms with Gasteiger partial charge < -0.3 is 10.6 Å². The van der Waals surface area contributed by atoms with Crippen LogP contribution in [0.5, 0.6) is 0 Å². The lowest BCUT2D eigenvalue weighted by Gasteiger charge is -2.13. The van der Waals surface area contributed by atoms with Crippen LogP contribution in [0.3, 0.4) is 0 Å². The Labute approximate surface area is 149 Å². The summed E-state index contributed by atoms with van der Waals surface area (Å²) in [4.78, 5) is 16.6. The topological polar surface area (TPSA) is 54.0 Å². The fourth-order valence-corrected chi connectivity index (χ4v) is 3.08. The van der Waals surface area contributed by atoms with E-state index >= 15 is 0 Å². The van der Waals surface area contributed by atoms with Crippen molar-refractivity contribution in [2.75, 3.05) is 17.2 Å². The lowest BCUT2D eigenvalue weighted by Crippen LogP contribution is -2.14. The van der Waals surface area contributed by atoms with E-state index < -0.39 is 0 Å². The Morgan fingerprint density at radius 1 is 1.16 bits per heavy atom. The standard InChI is InChI=1S/C21H25N3O/c1-16-7-5-6-10-19(16)21(25)24-20-12-11-18(15-23-20)22-14-13-17-8-3-2-4-9-17/h5-8,10-12,15,22H,2-4,9,13-14H2,1H3,(H,23,24,25). The van der Waals surface area contributed by atoms with Crippen molar-refractivity contribution in [1.29, 1.82) is 0 Å². The van der Waals surface area contributed by atoms with Gasteiger partial charge in [0.1, 0.15) is 5.82 Å². The number of hydrogen-bond donors (Lipinski definition) is 2. The van der Waals surface area contributed by atoms with Gasteiger partial charge in [-0.3, -0.25) is 4.79 Å². The van der Waals surface area contributed by atoms with Gasteiger partial charge in [-0.15, -0.1) is 0 Å². The second kappa shape index (κ2) is 8.47. The summed E-state index contributed by atoms with van der Waals surface area (Å²) in [5.41, 5.74) is 4.17. The highest BCUT2D eigenvalue weighted by molar-refractivity contribution is 6.04. The maximum Gasteiger partial charge on any atom is 0.257 e. The van der Waals surface area contributed by atoms with E-state index in [2.05, 4.69) is 21.7 Å². The van der Waals surface area contributed by atoms with Gasteiger partial charge in [0.25, 0.3) is 5.91 Å². The van der Waals surface area contributed by atoms with E-state index in [0.717, 1.165) is 24.2 Å². The second-order valence-electron chi connectivity index (χ2n) is 6.49. The lowest BCUT2D eigenvalue weighted by molar-refractivity contribution is 0.102. The predicted octanol–water partition coefficient (Wildman–Crippen LogP) is 4.94. The number of allylic oxidation sites excluding steroid dienone is 1.